The van der Waals surface area contributed by atoms with Crippen molar-refractivity contribution in [2.24, 2.45) is 11.3 Å². The molecule has 0 radical (unpaired) electrons. The number of hydrogen-bond acceptors (Lipinski definition) is 3. The molecule has 1 heterocycles. The standard InChI is InChI=1S/C23H38N2O2.C5H12.C4H10/c1-16-12-17(2)18(3)20(13-16)22(27)24-14-19-8-11-25(15-21(19)26)10-7-9-23(4,5)6;1-3-5-4-2;1-3-4-2/h12-13,19,21,26H,7-11,14-15H2,1-6H3,(H,24,27);3-5H2,1-2H3;3-4H2,1-2H3/t19-,21-;;/m1../s1. The van der Waals surface area contributed by atoms with Gasteiger partial charge in [-0.2, -0.15) is 0 Å². The highest BCUT2D eigenvalue weighted by molar-refractivity contribution is 5.96. The molecule has 2 atom stereocenters. The fourth-order valence-electron chi connectivity index (χ4n) is 4.27. The second-order valence-corrected chi connectivity index (χ2v) is 11.9. The Morgan fingerprint density at radius 1 is 1.00 bits per heavy atom. The van der Waals surface area contributed by atoms with Gasteiger partial charge in [-0.3, -0.25) is 4.79 Å². The Morgan fingerprint density at radius 2 is 1.61 bits per heavy atom. The van der Waals surface area contributed by atoms with Gasteiger partial charge in [-0.15, -0.1) is 0 Å². The SMILES string of the molecule is CCCC.CCCCC.Cc1cc(C)c(C)c(C(=O)NC[C@H]2CCN(CCCC(C)(C)C)C[C@H]2O)c1. The van der Waals surface area contributed by atoms with Crippen LogP contribution in [-0.2, 0) is 0 Å². The number of aryl methyl sites for hydroxylation is 2. The number of nitrogens with one attached hydrogen (secondary N) is 1. The van der Waals surface area contributed by atoms with Crippen molar-refractivity contribution in [1.82, 2.24) is 10.2 Å². The molecule has 1 fully saturated rings. The molecule has 0 bridgehead atoms. The van der Waals surface area contributed by atoms with E-state index in [1.165, 1.54) is 44.9 Å². The number of β-amino-alcohol motifs (C(OH)–C–C–N with tert-alkyl or cyclic N) is 1. The third-order valence-electron chi connectivity index (χ3n) is 6.99. The van der Waals surface area contributed by atoms with Crippen LogP contribution in [0.25, 0.3) is 0 Å². The number of unbranched alkanes of at least 4 members (excludes halogenated alkanes) is 3. The van der Waals surface area contributed by atoms with E-state index in [0.717, 1.165) is 41.8 Å². The van der Waals surface area contributed by atoms with E-state index in [1.807, 2.05) is 26.8 Å². The summed E-state index contributed by atoms with van der Waals surface area (Å²) in [5.41, 5.74) is 4.40. The summed E-state index contributed by atoms with van der Waals surface area (Å²) in [4.78, 5) is 15.0. The average Bonchev–Trinajstić information content (AvgIpc) is 2.81. The number of piperidine rings is 1. The number of amides is 1. The summed E-state index contributed by atoms with van der Waals surface area (Å²) in [6.07, 6.45) is 9.65. The van der Waals surface area contributed by atoms with Crippen LogP contribution in [0.1, 0.15) is 127 Å². The summed E-state index contributed by atoms with van der Waals surface area (Å²) in [5, 5.41) is 13.6. The molecule has 1 aliphatic rings. The van der Waals surface area contributed by atoms with Crippen LogP contribution in [0, 0.1) is 32.1 Å². The van der Waals surface area contributed by atoms with Gasteiger partial charge in [0.25, 0.3) is 5.91 Å². The molecule has 1 aliphatic heterocycles. The Balaban J connectivity index is 0.00000117. The molecular weight excluding hydrogens is 444 g/mol. The Kier molecular flexibility index (Phi) is 18.1. The van der Waals surface area contributed by atoms with E-state index in [-0.39, 0.29) is 17.9 Å². The molecule has 4 nitrogen and oxygen atoms in total. The molecule has 4 heteroatoms. The highest BCUT2D eigenvalue weighted by Gasteiger charge is 2.28. The lowest BCUT2D eigenvalue weighted by atomic mass is 9.89. The van der Waals surface area contributed by atoms with Crippen molar-refractivity contribution in [3.05, 3.63) is 34.4 Å². The van der Waals surface area contributed by atoms with Crippen LogP contribution in [0.15, 0.2) is 12.1 Å². The summed E-state index contributed by atoms with van der Waals surface area (Å²) < 4.78 is 0. The van der Waals surface area contributed by atoms with Crippen LogP contribution in [-0.4, -0.2) is 48.2 Å². The van der Waals surface area contributed by atoms with Gasteiger partial charge in [0.05, 0.1) is 6.10 Å². The minimum Gasteiger partial charge on any atom is -0.391 e. The molecule has 2 N–H and O–H groups in total. The number of hydrogen-bond donors (Lipinski definition) is 2. The lowest BCUT2D eigenvalue weighted by Crippen LogP contribution is -2.48. The van der Waals surface area contributed by atoms with Crippen molar-refractivity contribution < 1.29 is 9.90 Å². The molecule has 36 heavy (non-hydrogen) atoms. The van der Waals surface area contributed by atoms with Gasteiger partial charge in [0, 0.05) is 24.6 Å². The predicted octanol–water partition coefficient (Wildman–Crippen LogP) is 7.85. The number of carbonyl (C=O) groups excluding carboxylic acids is 1. The summed E-state index contributed by atoms with van der Waals surface area (Å²) in [6, 6.07) is 4.05. The molecular formula is C32H60N2O2. The van der Waals surface area contributed by atoms with Crippen molar-refractivity contribution in [3.8, 4) is 0 Å². The molecule has 1 aromatic rings. The average molecular weight is 505 g/mol. The third-order valence-corrected chi connectivity index (χ3v) is 6.99. The lowest BCUT2D eigenvalue weighted by Gasteiger charge is -2.36. The smallest absolute Gasteiger partial charge is 0.251 e. The van der Waals surface area contributed by atoms with Crippen LogP contribution in [0.3, 0.4) is 0 Å². The number of benzene rings is 1. The van der Waals surface area contributed by atoms with Crippen molar-refractivity contribution in [2.75, 3.05) is 26.2 Å². The first-order valence-electron chi connectivity index (χ1n) is 14.7. The molecule has 0 unspecified atom stereocenters. The Bertz CT molecular complexity index is 720. The Morgan fingerprint density at radius 3 is 2.08 bits per heavy atom. The monoisotopic (exact) mass is 504 g/mol. The van der Waals surface area contributed by atoms with E-state index in [9.17, 15) is 9.90 Å². The topological polar surface area (TPSA) is 52.6 Å². The first kappa shape index (κ1) is 34.6. The molecule has 2 rings (SSSR count). The number of likely N-dealkylation sites (tertiary alicyclic amines) is 1. The zero-order chi connectivity index (χ0) is 27.7. The predicted molar refractivity (Wildman–Crippen MR) is 158 cm³/mol. The molecule has 1 saturated heterocycles. The number of aliphatic hydroxyl groups excluding tert-OH is 1. The second-order valence-electron chi connectivity index (χ2n) is 11.9. The van der Waals surface area contributed by atoms with Crippen molar-refractivity contribution in [1.29, 1.82) is 0 Å². The number of aliphatic hydroxyl groups is 1. The Labute approximate surface area is 224 Å². The van der Waals surface area contributed by atoms with Gasteiger partial charge in [0.2, 0.25) is 0 Å². The third kappa shape index (κ3) is 15.0. The van der Waals surface area contributed by atoms with Crippen LogP contribution in [0.2, 0.25) is 0 Å². The van der Waals surface area contributed by atoms with Gasteiger partial charge >= 0.3 is 0 Å². The van der Waals surface area contributed by atoms with Crippen molar-refractivity contribution in [3.63, 3.8) is 0 Å². The van der Waals surface area contributed by atoms with Gasteiger partial charge in [0.15, 0.2) is 0 Å². The fraction of sp³-hybridized carbons (Fsp3) is 0.781. The maximum Gasteiger partial charge on any atom is 0.251 e. The lowest BCUT2D eigenvalue weighted by molar-refractivity contribution is 0.0208. The summed E-state index contributed by atoms with van der Waals surface area (Å²) in [6.45, 7) is 25.0. The summed E-state index contributed by atoms with van der Waals surface area (Å²) in [7, 11) is 0. The van der Waals surface area contributed by atoms with E-state index in [2.05, 4.69) is 64.7 Å². The number of rotatable bonds is 9. The Hall–Kier alpha value is -1.39. The zero-order valence-corrected chi connectivity index (χ0v) is 25.6. The maximum absolute atomic E-state index is 12.6. The van der Waals surface area contributed by atoms with Crippen LogP contribution < -0.4 is 5.32 Å². The summed E-state index contributed by atoms with van der Waals surface area (Å²) >= 11 is 0. The van der Waals surface area contributed by atoms with E-state index < -0.39 is 0 Å². The van der Waals surface area contributed by atoms with Gasteiger partial charge in [-0.25, -0.2) is 0 Å². The number of nitrogens with zero attached hydrogens (tertiary/aromatic N) is 1. The van der Waals surface area contributed by atoms with Crippen molar-refractivity contribution >= 4 is 5.91 Å². The van der Waals surface area contributed by atoms with Gasteiger partial charge < -0.3 is 15.3 Å². The zero-order valence-electron chi connectivity index (χ0n) is 25.6. The van der Waals surface area contributed by atoms with E-state index in [4.69, 9.17) is 0 Å². The quantitative estimate of drug-likeness (QED) is 0.360. The van der Waals surface area contributed by atoms with E-state index in [1.54, 1.807) is 0 Å². The number of carbonyl (C=O) groups is 1. The summed E-state index contributed by atoms with van der Waals surface area (Å²) in [5.74, 6) is 0.109. The largest absolute Gasteiger partial charge is 0.391 e. The first-order valence-corrected chi connectivity index (χ1v) is 14.7. The van der Waals surface area contributed by atoms with Crippen LogP contribution >= 0.6 is 0 Å². The fourth-order valence-corrected chi connectivity index (χ4v) is 4.27. The minimum absolute atomic E-state index is 0.0286. The van der Waals surface area contributed by atoms with Gasteiger partial charge in [0.1, 0.15) is 0 Å². The molecule has 0 saturated carbocycles. The molecule has 210 valence electrons. The highest BCUT2D eigenvalue weighted by Crippen LogP contribution is 2.23. The molecule has 1 amide bonds. The van der Waals surface area contributed by atoms with Crippen LogP contribution in [0.4, 0.5) is 0 Å². The van der Waals surface area contributed by atoms with Gasteiger partial charge in [-0.05, 0) is 75.7 Å². The molecule has 1 aromatic carbocycles. The maximum atomic E-state index is 12.6. The van der Waals surface area contributed by atoms with Crippen LogP contribution in [0.5, 0.6) is 0 Å². The minimum atomic E-state index is -0.367. The molecule has 0 spiro atoms. The second kappa shape index (κ2) is 18.8. The van der Waals surface area contributed by atoms with Crippen molar-refractivity contribution in [2.45, 2.75) is 127 Å². The van der Waals surface area contributed by atoms with E-state index >= 15 is 0 Å². The molecule has 0 aliphatic carbocycles. The normalized spacial score (nSPS) is 18.0. The van der Waals surface area contributed by atoms with E-state index in [0.29, 0.717) is 18.5 Å². The van der Waals surface area contributed by atoms with Gasteiger partial charge in [-0.1, -0.05) is 92.2 Å². The highest BCUT2D eigenvalue weighted by atomic mass is 16.3. The first-order chi connectivity index (χ1) is 16.9. The molecule has 0 aromatic heterocycles.